The number of benzene rings is 1. The van der Waals surface area contributed by atoms with Gasteiger partial charge in [-0.05, 0) is 48.4 Å². The van der Waals surface area contributed by atoms with E-state index in [1.54, 1.807) is 0 Å². The highest BCUT2D eigenvalue weighted by atomic mass is 16.5. The summed E-state index contributed by atoms with van der Waals surface area (Å²) in [4.78, 5) is 11.4. The van der Waals surface area contributed by atoms with E-state index in [-0.39, 0.29) is 5.97 Å². The molecule has 0 aromatic heterocycles. The molecular weight excluding hydrogens is 212 g/mol. The highest BCUT2D eigenvalue weighted by Crippen LogP contribution is 2.31. The number of carbonyl (C=O) groups excluding carboxylic acids is 1. The maximum Gasteiger partial charge on any atom is 0.337 e. The van der Waals surface area contributed by atoms with Crippen LogP contribution in [0.5, 0.6) is 0 Å². The average Bonchev–Trinajstić information content (AvgIpc) is 2.40. The second-order valence-corrected chi connectivity index (χ2v) is 4.20. The van der Waals surface area contributed by atoms with Gasteiger partial charge in [0.15, 0.2) is 0 Å². The molecule has 0 aliphatic heterocycles. The summed E-state index contributed by atoms with van der Waals surface area (Å²) in [5.74, 6) is 0.386. The topological polar surface area (TPSA) is 26.3 Å². The number of methoxy groups -OCH3 is 1. The Morgan fingerprint density at radius 3 is 2.71 bits per heavy atom. The summed E-state index contributed by atoms with van der Waals surface area (Å²) in [6.07, 6.45) is 3.56. The molecule has 0 amide bonds. The molecule has 1 aliphatic rings. The van der Waals surface area contributed by atoms with E-state index in [1.807, 2.05) is 26.0 Å². The molecule has 1 atom stereocenters. The SMILES string of the molecule is CC.COC(=O)c1ccc2c(c1)CCCC2C. The van der Waals surface area contributed by atoms with Gasteiger partial charge in [0.05, 0.1) is 12.7 Å². The van der Waals surface area contributed by atoms with Gasteiger partial charge >= 0.3 is 5.97 Å². The van der Waals surface area contributed by atoms with E-state index in [1.165, 1.54) is 31.1 Å². The quantitative estimate of drug-likeness (QED) is 0.688. The summed E-state index contributed by atoms with van der Waals surface area (Å²) < 4.78 is 4.72. The highest BCUT2D eigenvalue weighted by molar-refractivity contribution is 5.89. The van der Waals surface area contributed by atoms with Gasteiger partial charge in [-0.2, -0.15) is 0 Å². The van der Waals surface area contributed by atoms with Crippen molar-refractivity contribution in [2.75, 3.05) is 7.11 Å². The number of esters is 1. The monoisotopic (exact) mass is 234 g/mol. The fourth-order valence-electron chi connectivity index (χ4n) is 2.30. The van der Waals surface area contributed by atoms with E-state index < -0.39 is 0 Å². The zero-order valence-electron chi connectivity index (χ0n) is 11.2. The summed E-state index contributed by atoms with van der Waals surface area (Å²) >= 11 is 0. The van der Waals surface area contributed by atoms with E-state index in [9.17, 15) is 4.79 Å². The molecule has 0 spiro atoms. The van der Waals surface area contributed by atoms with Gasteiger partial charge in [0.25, 0.3) is 0 Å². The molecule has 1 aromatic carbocycles. The van der Waals surface area contributed by atoms with Crippen LogP contribution in [0, 0.1) is 0 Å². The molecular formula is C15H22O2. The van der Waals surface area contributed by atoms with Gasteiger partial charge in [-0.1, -0.05) is 26.8 Å². The predicted molar refractivity (Wildman–Crippen MR) is 70.5 cm³/mol. The summed E-state index contributed by atoms with van der Waals surface area (Å²) in [6.45, 7) is 6.25. The third-order valence-corrected chi connectivity index (χ3v) is 3.18. The maximum atomic E-state index is 11.4. The first-order valence-corrected chi connectivity index (χ1v) is 6.43. The molecule has 0 radical (unpaired) electrons. The van der Waals surface area contributed by atoms with Crippen molar-refractivity contribution in [3.63, 3.8) is 0 Å². The number of fused-ring (bicyclic) bond motifs is 1. The van der Waals surface area contributed by atoms with Crippen molar-refractivity contribution in [2.24, 2.45) is 0 Å². The van der Waals surface area contributed by atoms with Crippen LogP contribution in [0.3, 0.4) is 0 Å². The Balaban J connectivity index is 0.000000686. The Morgan fingerprint density at radius 1 is 1.35 bits per heavy atom. The molecule has 1 aromatic rings. The van der Waals surface area contributed by atoms with Crippen LogP contribution in [0.25, 0.3) is 0 Å². The normalized spacial score (nSPS) is 17.5. The highest BCUT2D eigenvalue weighted by Gasteiger charge is 2.17. The van der Waals surface area contributed by atoms with Crippen molar-refractivity contribution in [2.45, 2.75) is 46.0 Å². The lowest BCUT2D eigenvalue weighted by atomic mass is 9.83. The number of ether oxygens (including phenoxy) is 1. The molecule has 0 bridgehead atoms. The van der Waals surface area contributed by atoms with Crippen molar-refractivity contribution in [3.05, 3.63) is 34.9 Å². The van der Waals surface area contributed by atoms with Gasteiger partial charge in [0, 0.05) is 0 Å². The lowest BCUT2D eigenvalue weighted by Crippen LogP contribution is -2.09. The summed E-state index contributed by atoms with van der Waals surface area (Å²) in [5, 5.41) is 0. The van der Waals surface area contributed by atoms with Gasteiger partial charge in [-0.3, -0.25) is 0 Å². The van der Waals surface area contributed by atoms with Crippen molar-refractivity contribution in [3.8, 4) is 0 Å². The number of hydrogen-bond acceptors (Lipinski definition) is 2. The van der Waals surface area contributed by atoms with E-state index >= 15 is 0 Å². The lowest BCUT2D eigenvalue weighted by Gasteiger charge is -2.22. The van der Waals surface area contributed by atoms with Gasteiger partial charge in [-0.25, -0.2) is 4.79 Å². The molecule has 0 heterocycles. The zero-order chi connectivity index (χ0) is 12.8. The van der Waals surface area contributed by atoms with Crippen LogP contribution in [0.15, 0.2) is 18.2 Å². The van der Waals surface area contributed by atoms with Crippen LogP contribution in [0.1, 0.15) is 61.0 Å². The first kappa shape index (κ1) is 13.8. The predicted octanol–water partition coefficient (Wildman–Crippen LogP) is 3.94. The van der Waals surface area contributed by atoms with Gasteiger partial charge in [0.2, 0.25) is 0 Å². The molecule has 2 nitrogen and oxygen atoms in total. The van der Waals surface area contributed by atoms with Crippen molar-refractivity contribution in [1.82, 2.24) is 0 Å². The van der Waals surface area contributed by atoms with E-state index in [2.05, 4.69) is 13.0 Å². The maximum absolute atomic E-state index is 11.4. The third-order valence-electron chi connectivity index (χ3n) is 3.18. The summed E-state index contributed by atoms with van der Waals surface area (Å²) in [5.41, 5.74) is 3.39. The summed E-state index contributed by atoms with van der Waals surface area (Å²) in [6, 6.07) is 5.93. The van der Waals surface area contributed by atoms with Crippen LogP contribution < -0.4 is 0 Å². The number of rotatable bonds is 1. The molecule has 0 saturated heterocycles. The Morgan fingerprint density at radius 2 is 2.06 bits per heavy atom. The second-order valence-electron chi connectivity index (χ2n) is 4.20. The molecule has 94 valence electrons. The third kappa shape index (κ3) is 3.09. The fraction of sp³-hybridized carbons (Fsp3) is 0.533. The van der Waals surface area contributed by atoms with Gasteiger partial charge in [0.1, 0.15) is 0 Å². The number of carbonyl (C=O) groups is 1. The van der Waals surface area contributed by atoms with Crippen LogP contribution in [-0.2, 0) is 11.2 Å². The van der Waals surface area contributed by atoms with Gasteiger partial charge < -0.3 is 4.74 Å². The van der Waals surface area contributed by atoms with Crippen LogP contribution in [0.2, 0.25) is 0 Å². The number of hydrogen-bond donors (Lipinski definition) is 0. The second kappa shape index (κ2) is 6.43. The minimum absolute atomic E-state index is 0.240. The minimum atomic E-state index is -0.240. The molecule has 2 rings (SSSR count). The average molecular weight is 234 g/mol. The smallest absolute Gasteiger partial charge is 0.337 e. The van der Waals surface area contributed by atoms with Crippen LogP contribution in [-0.4, -0.2) is 13.1 Å². The summed E-state index contributed by atoms with van der Waals surface area (Å²) in [7, 11) is 1.42. The van der Waals surface area contributed by atoms with E-state index in [0.29, 0.717) is 11.5 Å². The van der Waals surface area contributed by atoms with Crippen LogP contribution in [0.4, 0.5) is 0 Å². The Hall–Kier alpha value is -1.31. The van der Waals surface area contributed by atoms with Gasteiger partial charge in [-0.15, -0.1) is 0 Å². The zero-order valence-corrected chi connectivity index (χ0v) is 11.2. The van der Waals surface area contributed by atoms with E-state index in [0.717, 1.165) is 6.42 Å². The number of aryl methyl sites for hydroxylation is 1. The molecule has 0 fully saturated rings. The molecule has 0 N–H and O–H groups in total. The Bertz CT molecular complexity index is 383. The molecule has 2 heteroatoms. The Labute approximate surface area is 104 Å². The van der Waals surface area contributed by atoms with Crippen molar-refractivity contribution < 1.29 is 9.53 Å². The first-order chi connectivity index (χ1) is 8.22. The van der Waals surface area contributed by atoms with Crippen molar-refractivity contribution >= 4 is 5.97 Å². The van der Waals surface area contributed by atoms with Crippen molar-refractivity contribution in [1.29, 1.82) is 0 Å². The molecule has 17 heavy (non-hydrogen) atoms. The largest absolute Gasteiger partial charge is 0.465 e. The standard InChI is InChI=1S/C13H16O2.C2H6/c1-9-4-3-5-10-8-11(13(14)15-2)6-7-12(9)10;1-2/h6-9H,3-5H2,1-2H3;1-2H3. The first-order valence-electron chi connectivity index (χ1n) is 6.43. The van der Waals surface area contributed by atoms with E-state index in [4.69, 9.17) is 4.74 Å². The molecule has 0 saturated carbocycles. The van der Waals surface area contributed by atoms with Crippen LogP contribution >= 0.6 is 0 Å². The molecule has 1 aliphatic carbocycles. The minimum Gasteiger partial charge on any atom is -0.465 e. The lowest BCUT2D eigenvalue weighted by molar-refractivity contribution is 0.0600. The fourth-order valence-corrected chi connectivity index (χ4v) is 2.30. The Kier molecular flexibility index (Phi) is 5.20. The molecule has 1 unspecified atom stereocenters.